The predicted molar refractivity (Wildman–Crippen MR) is 108 cm³/mol. The Balaban J connectivity index is 1.39. The summed E-state index contributed by atoms with van der Waals surface area (Å²) < 4.78 is 2.17. The number of aliphatic imine (C=N–C) groups is 1. The smallest absolute Gasteiger partial charge is 0.191 e. The molecule has 26 heavy (non-hydrogen) atoms. The Morgan fingerprint density at radius 1 is 1.12 bits per heavy atom. The molecular formula is C21H31N5. The van der Waals surface area contributed by atoms with E-state index >= 15 is 0 Å². The Labute approximate surface area is 157 Å². The van der Waals surface area contributed by atoms with Crippen LogP contribution in [-0.2, 0) is 13.1 Å². The van der Waals surface area contributed by atoms with Gasteiger partial charge >= 0.3 is 0 Å². The van der Waals surface area contributed by atoms with Crippen LogP contribution in [0.2, 0.25) is 0 Å². The molecule has 3 rings (SSSR count). The molecule has 2 unspecified atom stereocenters. The van der Waals surface area contributed by atoms with E-state index in [0.717, 1.165) is 38.7 Å². The first-order valence-electron chi connectivity index (χ1n) is 9.58. The highest BCUT2D eigenvalue weighted by molar-refractivity contribution is 5.79. The fraction of sp³-hybridized carbons (Fsp3) is 0.476. The van der Waals surface area contributed by atoms with E-state index in [1.165, 1.54) is 12.0 Å². The fourth-order valence-corrected chi connectivity index (χ4v) is 3.69. The van der Waals surface area contributed by atoms with E-state index < -0.39 is 0 Å². The largest absolute Gasteiger partial charge is 0.356 e. The van der Waals surface area contributed by atoms with Crippen LogP contribution in [0.3, 0.4) is 0 Å². The predicted octanol–water partition coefficient (Wildman–Crippen LogP) is 2.56. The highest BCUT2D eigenvalue weighted by Crippen LogP contribution is 2.24. The molecular weight excluding hydrogens is 322 g/mol. The van der Waals surface area contributed by atoms with E-state index in [1.807, 2.05) is 7.05 Å². The molecule has 5 nitrogen and oxygen atoms in total. The lowest BCUT2D eigenvalue weighted by Crippen LogP contribution is -2.41. The average molecular weight is 354 g/mol. The number of aromatic nitrogens is 1. The standard InChI is InChI=1S/C21H31N5/c1-18-14-20(17-26(18)16-19-8-4-3-5-9-19)15-24-21(22-2)23-10-13-25-11-6-7-12-25/h3-9,11-12,18,20H,10,13-17H2,1-2H3,(H2,22,23,24). The molecule has 1 aromatic carbocycles. The van der Waals surface area contributed by atoms with Crippen LogP contribution in [0.1, 0.15) is 18.9 Å². The van der Waals surface area contributed by atoms with Crippen molar-refractivity contribution in [3.05, 3.63) is 60.4 Å². The molecule has 2 N–H and O–H groups in total. The maximum atomic E-state index is 4.35. The van der Waals surface area contributed by atoms with Gasteiger partial charge in [-0.05, 0) is 37.0 Å². The molecule has 0 aliphatic carbocycles. The second-order valence-corrected chi connectivity index (χ2v) is 7.17. The topological polar surface area (TPSA) is 44.6 Å². The number of guanidine groups is 1. The van der Waals surface area contributed by atoms with Gasteiger partial charge in [0, 0.05) is 58.2 Å². The van der Waals surface area contributed by atoms with Gasteiger partial charge in [0.15, 0.2) is 5.96 Å². The molecule has 0 bridgehead atoms. The zero-order valence-electron chi connectivity index (χ0n) is 15.9. The molecule has 2 aromatic rings. The van der Waals surface area contributed by atoms with Gasteiger partial charge in [0.1, 0.15) is 0 Å². The van der Waals surface area contributed by atoms with Gasteiger partial charge in [-0.1, -0.05) is 30.3 Å². The highest BCUT2D eigenvalue weighted by atomic mass is 15.2. The van der Waals surface area contributed by atoms with Crippen LogP contribution < -0.4 is 10.6 Å². The fourth-order valence-electron chi connectivity index (χ4n) is 3.69. The monoisotopic (exact) mass is 353 g/mol. The average Bonchev–Trinajstić information content (AvgIpc) is 3.29. The van der Waals surface area contributed by atoms with E-state index in [9.17, 15) is 0 Å². The molecule has 2 heterocycles. The van der Waals surface area contributed by atoms with Gasteiger partial charge in [-0.15, -0.1) is 0 Å². The molecule has 140 valence electrons. The van der Waals surface area contributed by atoms with Crippen LogP contribution >= 0.6 is 0 Å². The van der Waals surface area contributed by atoms with Crippen molar-refractivity contribution in [1.82, 2.24) is 20.1 Å². The second-order valence-electron chi connectivity index (χ2n) is 7.17. The van der Waals surface area contributed by atoms with Crippen LogP contribution in [0, 0.1) is 5.92 Å². The zero-order valence-corrected chi connectivity index (χ0v) is 15.9. The summed E-state index contributed by atoms with van der Waals surface area (Å²) in [5.74, 6) is 1.56. The number of nitrogens with zero attached hydrogens (tertiary/aromatic N) is 3. The third-order valence-corrected chi connectivity index (χ3v) is 5.13. The molecule has 1 aliphatic heterocycles. The van der Waals surface area contributed by atoms with Crippen LogP contribution in [0.25, 0.3) is 0 Å². The van der Waals surface area contributed by atoms with Gasteiger partial charge in [0.25, 0.3) is 0 Å². The molecule has 1 aromatic heterocycles. The summed E-state index contributed by atoms with van der Waals surface area (Å²) in [4.78, 5) is 6.93. The van der Waals surface area contributed by atoms with Crippen molar-refractivity contribution in [3.63, 3.8) is 0 Å². The number of hydrogen-bond acceptors (Lipinski definition) is 2. The molecule has 0 amide bonds. The minimum absolute atomic E-state index is 0.630. The van der Waals surface area contributed by atoms with E-state index in [4.69, 9.17) is 0 Å². The van der Waals surface area contributed by atoms with Crippen LogP contribution in [0.15, 0.2) is 59.9 Å². The molecule has 1 fully saturated rings. The van der Waals surface area contributed by atoms with Gasteiger partial charge in [-0.3, -0.25) is 9.89 Å². The maximum absolute atomic E-state index is 4.35. The zero-order chi connectivity index (χ0) is 18.2. The lowest BCUT2D eigenvalue weighted by atomic mass is 10.1. The Morgan fingerprint density at radius 2 is 1.88 bits per heavy atom. The van der Waals surface area contributed by atoms with Crippen LogP contribution in [0.5, 0.6) is 0 Å². The van der Waals surface area contributed by atoms with Gasteiger partial charge in [-0.2, -0.15) is 0 Å². The summed E-state index contributed by atoms with van der Waals surface area (Å²) in [7, 11) is 1.84. The molecule has 0 saturated carbocycles. The summed E-state index contributed by atoms with van der Waals surface area (Å²) in [6.45, 7) is 7.31. The first-order valence-corrected chi connectivity index (χ1v) is 9.58. The number of nitrogens with one attached hydrogen (secondary N) is 2. The molecule has 1 aliphatic rings. The summed E-state index contributed by atoms with van der Waals surface area (Å²) in [6, 6.07) is 15.5. The first-order chi connectivity index (χ1) is 12.7. The summed E-state index contributed by atoms with van der Waals surface area (Å²) in [5.41, 5.74) is 1.40. The Bertz CT molecular complexity index is 665. The Hall–Kier alpha value is -2.27. The van der Waals surface area contributed by atoms with Crippen molar-refractivity contribution in [2.24, 2.45) is 10.9 Å². The normalized spacial score (nSPS) is 21.1. The Kier molecular flexibility index (Phi) is 6.72. The molecule has 0 radical (unpaired) electrons. The molecule has 0 spiro atoms. The van der Waals surface area contributed by atoms with E-state index in [0.29, 0.717) is 12.0 Å². The summed E-state index contributed by atoms with van der Waals surface area (Å²) >= 11 is 0. The van der Waals surface area contributed by atoms with Crippen LogP contribution in [0.4, 0.5) is 0 Å². The van der Waals surface area contributed by atoms with Crippen molar-refractivity contribution >= 4 is 5.96 Å². The third kappa shape index (κ3) is 5.36. The van der Waals surface area contributed by atoms with Gasteiger partial charge in [0.2, 0.25) is 0 Å². The van der Waals surface area contributed by atoms with Crippen molar-refractivity contribution in [1.29, 1.82) is 0 Å². The summed E-state index contributed by atoms with van der Waals surface area (Å²) in [5, 5.41) is 6.90. The highest BCUT2D eigenvalue weighted by Gasteiger charge is 2.28. The minimum Gasteiger partial charge on any atom is -0.356 e. The lowest BCUT2D eigenvalue weighted by molar-refractivity contribution is 0.255. The first kappa shape index (κ1) is 18.5. The van der Waals surface area contributed by atoms with Crippen molar-refractivity contribution in [3.8, 4) is 0 Å². The van der Waals surface area contributed by atoms with E-state index in [-0.39, 0.29) is 0 Å². The quantitative estimate of drug-likeness (QED) is 0.594. The van der Waals surface area contributed by atoms with Crippen molar-refractivity contribution < 1.29 is 0 Å². The number of likely N-dealkylation sites (tertiary alicyclic amines) is 1. The van der Waals surface area contributed by atoms with Gasteiger partial charge in [-0.25, -0.2) is 0 Å². The minimum atomic E-state index is 0.630. The number of benzene rings is 1. The Morgan fingerprint density at radius 3 is 2.62 bits per heavy atom. The van der Waals surface area contributed by atoms with Crippen LogP contribution in [-0.4, -0.2) is 48.2 Å². The number of hydrogen-bond donors (Lipinski definition) is 2. The maximum Gasteiger partial charge on any atom is 0.191 e. The molecule has 2 atom stereocenters. The van der Waals surface area contributed by atoms with Gasteiger partial charge < -0.3 is 15.2 Å². The van der Waals surface area contributed by atoms with Crippen molar-refractivity contribution in [2.45, 2.75) is 32.5 Å². The SMILES string of the molecule is CN=C(NCCn1cccc1)NCC1CC(C)N(Cc2ccccc2)C1. The lowest BCUT2D eigenvalue weighted by Gasteiger charge is -2.21. The van der Waals surface area contributed by atoms with E-state index in [2.05, 4.69) is 86.9 Å². The second kappa shape index (κ2) is 9.43. The van der Waals surface area contributed by atoms with Crippen molar-refractivity contribution in [2.75, 3.05) is 26.7 Å². The summed E-state index contributed by atoms with van der Waals surface area (Å²) in [6.07, 6.45) is 5.40. The number of rotatable bonds is 7. The third-order valence-electron chi connectivity index (χ3n) is 5.13. The molecule has 5 heteroatoms. The van der Waals surface area contributed by atoms with Gasteiger partial charge in [0.05, 0.1) is 0 Å². The van der Waals surface area contributed by atoms with E-state index in [1.54, 1.807) is 0 Å². The molecule has 1 saturated heterocycles.